The van der Waals surface area contributed by atoms with Gasteiger partial charge >= 0.3 is 0 Å². The van der Waals surface area contributed by atoms with E-state index in [1.165, 1.54) is 25.9 Å². The number of likely N-dealkylation sites (N-methyl/N-ethyl adjacent to an activating group) is 2. The summed E-state index contributed by atoms with van der Waals surface area (Å²) < 4.78 is 0. The number of nitrogens with zero attached hydrogens (tertiary/aromatic N) is 8. The van der Waals surface area contributed by atoms with E-state index in [4.69, 9.17) is 0 Å². The largest absolute Gasteiger partial charge is 0.379 e. The van der Waals surface area contributed by atoms with Crippen LogP contribution in [0.1, 0.15) is 68.2 Å². The van der Waals surface area contributed by atoms with Crippen LogP contribution in [-0.2, 0) is 0 Å². The van der Waals surface area contributed by atoms with Gasteiger partial charge < -0.3 is 40.0 Å². The standard InChI is InChI=1S/2C9H20N2O.2C8H18N2O/c2*1-3-4-10-5-7-11(8-6-10)9(2)12;2*1-3-9-4-6-10(7-5-9)8(2)11/h2*9,12H,3-8H2,1-2H3;2*8,11H,3-7H2,1-2H3. The van der Waals surface area contributed by atoms with Crippen LogP contribution >= 0.6 is 0 Å². The summed E-state index contributed by atoms with van der Waals surface area (Å²) >= 11 is 0. The van der Waals surface area contributed by atoms with Crippen LogP contribution in [0.25, 0.3) is 0 Å². The molecule has 0 aromatic heterocycles. The molecule has 12 heteroatoms. The molecule has 0 aliphatic carbocycles. The van der Waals surface area contributed by atoms with Gasteiger partial charge in [0.25, 0.3) is 0 Å². The van der Waals surface area contributed by atoms with Crippen LogP contribution in [0, 0.1) is 0 Å². The Kier molecular flexibility index (Phi) is 24.1. The highest BCUT2D eigenvalue weighted by atomic mass is 16.3. The van der Waals surface area contributed by atoms with Gasteiger partial charge in [0.1, 0.15) is 24.9 Å². The topological polar surface area (TPSA) is 107 Å². The lowest BCUT2D eigenvalue weighted by atomic mass is 10.3. The SMILES string of the molecule is CCCN1CCN(C(C)O)CC1.CCCN1CCN(C(C)O)CC1.CCN1CCN(C(C)O)CC1.CCN1CCN(C(C)O)CC1. The summed E-state index contributed by atoms with van der Waals surface area (Å²) in [7, 11) is 0. The first-order valence-electron chi connectivity index (χ1n) is 18.5. The van der Waals surface area contributed by atoms with Crippen molar-refractivity contribution < 1.29 is 20.4 Å². The van der Waals surface area contributed by atoms with Crippen LogP contribution in [0.3, 0.4) is 0 Å². The van der Waals surface area contributed by atoms with Crippen molar-refractivity contribution in [2.75, 3.05) is 131 Å². The number of hydrogen-bond donors (Lipinski definition) is 4. The van der Waals surface area contributed by atoms with Crippen molar-refractivity contribution in [3.05, 3.63) is 0 Å². The van der Waals surface area contributed by atoms with Gasteiger partial charge in [-0.1, -0.05) is 27.7 Å². The normalized spacial score (nSPS) is 24.8. The quantitative estimate of drug-likeness (QED) is 0.264. The van der Waals surface area contributed by atoms with Gasteiger partial charge in [0, 0.05) is 105 Å². The highest BCUT2D eigenvalue weighted by molar-refractivity contribution is 4.74. The third-order valence-electron chi connectivity index (χ3n) is 9.72. The van der Waals surface area contributed by atoms with Gasteiger partial charge in [0.15, 0.2) is 0 Å². The highest BCUT2D eigenvalue weighted by Gasteiger charge is 2.20. The van der Waals surface area contributed by atoms with Gasteiger partial charge in [-0.25, -0.2) is 0 Å². The number of hydrogen-bond acceptors (Lipinski definition) is 12. The molecule has 46 heavy (non-hydrogen) atoms. The Labute approximate surface area is 283 Å². The van der Waals surface area contributed by atoms with Crippen molar-refractivity contribution in [1.29, 1.82) is 0 Å². The summed E-state index contributed by atoms with van der Waals surface area (Å²) in [5.74, 6) is 0. The van der Waals surface area contributed by atoms with Crippen LogP contribution in [0.2, 0.25) is 0 Å². The second kappa shape index (κ2) is 25.5. The monoisotopic (exact) mass is 661 g/mol. The molecule has 12 nitrogen and oxygen atoms in total. The van der Waals surface area contributed by atoms with E-state index in [9.17, 15) is 20.4 Å². The lowest BCUT2D eigenvalue weighted by Gasteiger charge is -2.35. The number of piperazine rings is 4. The Hall–Kier alpha value is -0.480. The molecule has 0 aromatic carbocycles. The van der Waals surface area contributed by atoms with Crippen molar-refractivity contribution in [1.82, 2.24) is 39.2 Å². The molecule has 4 atom stereocenters. The van der Waals surface area contributed by atoms with Crippen LogP contribution in [0.4, 0.5) is 0 Å². The summed E-state index contributed by atoms with van der Waals surface area (Å²) in [6.45, 7) is 37.7. The Morgan fingerprint density at radius 3 is 0.696 bits per heavy atom. The van der Waals surface area contributed by atoms with Crippen molar-refractivity contribution in [2.24, 2.45) is 0 Å². The summed E-state index contributed by atoms with van der Waals surface area (Å²) in [5, 5.41) is 37.1. The number of rotatable bonds is 10. The maximum Gasteiger partial charge on any atom is 0.104 e. The van der Waals surface area contributed by atoms with E-state index >= 15 is 0 Å². The zero-order valence-electron chi connectivity index (χ0n) is 31.2. The average Bonchev–Trinajstić information content (AvgIpc) is 3.06. The molecule has 4 N–H and O–H groups in total. The van der Waals surface area contributed by atoms with E-state index < -0.39 is 0 Å². The maximum atomic E-state index is 9.30. The Morgan fingerprint density at radius 2 is 0.543 bits per heavy atom. The molecule has 4 saturated heterocycles. The van der Waals surface area contributed by atoms with Crippen LogP contribution < -0.4 is 0 Å². The molecule has 4 fully saturated rings. The van der Waals surface area contributed by atoms with E-state index in [0.717, 1.165) is 118 Å². The summed E-state index contributed by atoms with van der Waals surface area (Å²) in [6.07, 6.45) is 1.38. The zero-order valence-corrected chi connectivity index (χ0v) is 31.2. The average molecular weight is 661 g/mol. The minimum atomic E-state index is -0.270. The molecule has 0 spiro atoms. The van der Waals surface area contributed by atoms with E-state index in [2.05, 4.69) is 66.9 Å². The van der Waals surface area contributed by atoms with E-state index in [0.29, 0.717) is 0 Å². The summed E-state index contributed by atoms with van der Waals surface area (Å²) in [6, 6.07) is 0. The van der Waals surface area contributed by atoms with Crippen molar-refractivity contribution >= 4 is 0 Å². The van der Waals surface area contributed by atoms with Gasteiger partial charge in [-0.05, 0) is 66.7 Å². The van der Waals surface area contributed by atoms with Crippen molar-refractivity contribution in [3.8, 4) is 0 Å². The second-order valence-electron chi connectivity index (χ2n) is 13.2. The van der Waals surface area contributed by atoms with E-state index in [-0.39, 0.29) is 24.9 Å². The molecule has 4 unspecified atom stereocenters. The van der Waals surface area contributed by atoms with Gasteiger partial charge in [0.2, 0.25) is 0 Å². The minimum Gasteiger partial charge on any atom is -0.379 e. The molecule has 4 heterocycles. The van der Waals surface area contributed by atoms with Gasteiger partial charge in [-0.3, -0.25) is 19.6 Å². The zero-order chi connectivity index (χ0) is 34.5. The third-order valence-corrected chi connectivity index (χ3v) is 9.72. The van der Waals surface area contributed by atoms with Crippen LogP contribution in [0.15, 0.2) is 0 Å². The predicted molar refractivity (Wildman–Crippen MR) is 191 cm³/mol. The molecule has 0 radical (unpaired) electrons. The summed E-state index contributed by atoms with van der Waals surface area (Å²) in [4.78, 5) is 18.2. The Morgan fingerprint density at radius 1 is 0.348 bits per heavy atom. The molecule has 4 aliphatic heterocycles. The van der Waals surface area contributed by atoms with Crippen molar-refractivity contribution in [3.63, 3.8) is 0 Å². The van der Waals surface area contributed by atoms with Crippen LogP contribution in [-0.4, -0.2) is 215 Å². The fourth-order valence-corrected chi connectivity index (χ4v) is 6.26. The van der Waals surface area contributed by atoms with Crippen LogP contribution in [0.5, 0.6) is 0 Å². The molecule has 0 bridgehead atoms. The third kappa shape index (κ3) is 18.3. The molecule has 276 valence electrons. The van der Waals surface area contributed by atoms with E-state index in [1.807, 2.05) is 27.7 Å². The molecule has 0 amide bonds. The molecule has 4 rings (SSSR count). The fourth-order valence-electron chi connectivity index (χ4n) is 6.26. The molecule has 4 aliphatic rings. The Balaban J connectivity index is 0.000000307. The van der Waals surface area contributed by atoms with E-state index in [1.54, 1.807) is 0 Å². The molecule has 0 saturated carbocycles. The van der Waals surface area contributed by atoms with Gasteiger partial charge in [-0.15, -0.1) is 0 Å². The maximum absolute atomic E-state index is 9.30. The first kappa shape index (κ1) is 43.5. The first-order chi connectivity index (χ1) is 21.9. The number of aliphatic hydroxyl groups excluding tert-OH is 4. The first-order valence-corrected chi connectivity index (χ1v) is 18.5. The fraction of sp³-hybridized carbons (Fsp3) is 1.00. The Bertz CT molecular complexity index is 631. The smallest absolute Gasteiger partial charge is 0.104 e. The number of aliphatic hydroxyl groups is 4. The molecule has 0 aromatic rings. The highest BCUT2D eigenvalue weighted by Crippen LogP contribution is 2.06. The van der Waals surface area contributed by atoms with Gasteiger partial charge in [-0.2, -0.15) is 0 Å². The predicted octanol–water partition coefficient (Wildman–Crippen LogP) is 0.629. The second-order valence-corrected chi connectivity index (χ2v) is 13.2. The molecular weight excluding hydrogens is 584 g/mol. The minimum absolute atomic E-state index is 0.269. The van der Waals surface area contributed by atoms with Crippen molar-refractivity contribution in [2.45, 2.75) is 93.1 Å². The van der Waals surface area contributed by atoms with Gasteiger partial charge in [0.05, 0.1) is 0 Å². The lowest BCUT2D eigenvalue weighted by Crippen LogP contribution is -2.49. The summed E-state index contributed by atoms with van der Waals surface area (Å²) in [5.41, 5.74) is 0. The lowest BCUT2D eigenvalue weighted by molar-refractivity contribution is -0.0128. The molecular formula is C34H76N8O4.